The number of nitrogens with zero attached hydrogens (tertiary/aromatic N) is 2. The Morgan fingerprint density at radius 2 is 1.78 bits per heavy atom. The second kappa shape index (κ2) is 7.32. The van der Waals surface area contributed by atoms with Gasteiger partial charge in [-0.1, -0.05) is 35.3 Å². The molecule has 1 heterocycles. The number of sulfone groups is 1. The molecule has 0 radical (unpaired) electrons. The van der Waals surface area contributed by atoms with Gasteiger partial charge < -0.3 is 4.42 Å². The van der Waals surface area contributed by atoms with Crippen LogP contribution in [0.5, 0.6) is 0 Å². The minimum atomic E-state index is -3.40. The zero-order chi connectivity index (χ0) is 19.6. The van der Waals surface area contributed by atoms with Crippen molar-refractivity contribution in [3.8, 4) is 11.5 Å². The van der Waals surface area contributed by atoms with E-state index in [-0.39, 0.29) is 22.2 Å². The highest BCUT2D eigenvalue weighted by molar-refractivity contribution is 7.91. The number of aryl methyl sites for hydroxylation is 2. The van der Waals surface area contributed by atoms with Gasteiger partial charge in [-0.15, -0.1) is 5.10 Å². The highest BCUT2D eigenvalue weighted by Crippen LogP contribution is 2.23. The van der Waals surface area contributed by atoms with Crippen LogP contribution in [0.15, 0.2) is 51.8 Å². The highest BCUT2D eigenvalue weighted by Gasteiger charge is 2.17. The van der Waals surface area contributed by atoms with Crippen LogP contribution in [0.4, 0.5) is 6.01 Å². The van der Waals surface area contributed by atoms with Gasteiger partial charge in [0.05, 0.1) is 10.6 Å². The van der Waals surface area contributed by atoms with Crippen molar-refractivity contribution in [1.29, 1.82) is 0 Å². The third-order valence-corrected chi connectivity index (χ3v) is 5.68. The molecule has 140 valence electrons. The van der Waals surface area contributed by atoms with E-state index >= 15 is 0 Å². The fourth-order valence-corrected chi connectivity index (χ4v) is 3.58. The molecule has 3 rings (SSSR count). The van der Waals surface area contributed by atoms with Crippen molar-refractivity contribution in [2.75, 3.05) is 11.1 Å². The molecule has 0 aliphatic heterocycles. The molecule has 27 heavy (non-hydrogen) atoms. The number of carbonyl (C=O) groups is 1. The first-order valence-electron chi connectivity index (χ1n) is 8.35. The van der Waals surface area contributed by atoms with Crippen molar-refractivity contribution in [1.82, 2.24) is 10.2 Å². The Hall–Kier alpha value is -3.00. The smallest absolute Gasteiger partial charge is 0.322 e. The van der Waals surface area contributed by atoms with E-state index in [1.807, 2.05) is 32.0 Å². The van der Waals surface area contributed by atoms with Crippen molar-refractivity contribution < 1.29 is 17.6 Å². The normalized spacial score (nSPS) is 11.4. The SMILES string of the molecule is CCS(=O)(=O)c1cccc(C(=O)Nc2nnc(-c3cc(C)cc(C)c3)o2)c1. The molecule has 7 nitrogen and oxygen atoms in total. The topological polar surface area (TPSA) is 102 Å². The van der Waals surface area contributed by atoms with Crippen molar-refractivity contribution >= 4 is 21.8 Å². The van der Waals surface area contributed by atoms with Crippen molar-refractivity contribution in [3.63, 3.8) is 0 Å². The first-order chi connectivity index (χ1) is 12.8. The number of hydrogen-bond acceptors (Lipinski definition) is 6. The van der Waals surface area contributed by atoms with Crippen LogP contribution < -0.4 is 5.32 Å². The Kier molecular flexibility index (Phi) is 5.09. The molecular formula is C19H19N3O4S. The van der Waals surface area contributed by atoms with Gasteiger partial charge >= 0.3 is 6.01 Å². The average Bonchev–Trinajstić information content (AvgIpc) is 3.09. The molecule has 0 fully saturated rings. The highest BCUT2D eigenvalue weighted by atomic mass is 32.2. The van der Waals surface area contributed by atoms with Crippen molar-refractivity contribution in [2.24, 2.45) is 0 Å². The molecule has 0 aliphatic carbocycles. The Balaban J connectivity index is 1.82. The number of aromatic nitrogens is 2. The lowest BCUT2D eigenvalue weighted by Crippen LogP contribution is -2.13. The lowest BCUT2D eigenvalue weighted by atomic mass is 10.1. The van der Waals surface area contributed by atoms with E-state index in [0.717, 1.165) is 16.7 Å². The van der Waals surface area contributed by atoms with Crippen molar-refractivity contribution in [2.45, 2.75) is 25.7 Å². The van der Waals surface area contributed by atoms with Gasteiger partial charge in [-0.2, -0.15) is 0 Å². The van der Waals surface area contributed by atoms with Gasteiger partial charge in [0.1, 0.15) is 0 Å². The summed E-state index contributed by atoms with van der Waals surface area (Å²) in [6.07, 6.45) is 0. The largest absolute Gasteiger partial charge is 0.403 e. The molecule has 0 spiro atoms. The quantitative estimate of drug-likeness (QED) is 0.722. The van der Waals surface area contributed by atoms with Gasteiger partial charge in [0.25, 0.3) is 5.91 Å². The van der Waals surface area contributed by atoms with Crippen LogP contribution in [0.2, 0.25) is 0 Å². The third-order valence-electron chi connectivity index (χ3n) is 3.95. The molecule has 1 N–H and O–H groups in total. The van der Waals surface area contributed by atoms with Gasteiger partial charge in [0, 0.05) is 11.1 Å². The fraction of sp³-hybridized carbons (Fsp3) is 0.211. The number of hydrogen-bond donors (Lipinski definition) is 1. The minimum Gasteiger partial charge on any atom is -0.403 e. The first kappa shape index (κ1) is 18.8. The Morgan fingerprint density at radius 1 is 1.07 bits per heavy atom. The van der Waals surface area contributed by atoms with Crippen LogP contribution in [0.1, 0.15) is 28.4 Å². The summed E-state index contributed by atoms with van der Waals surface area (Å²) in [5, 5.41) is 10.3. The molecule has 1 amide bonds. The maximum atomic E-state index is 12.4. The number of amides is 1. The molecule has 0 atom stereocenters. The summed E-state index contributed by atoms with van der Waals surface area (Å²) >= 11 is 0. The van der Waals surface area contributed by atoms with Gasteiger partial charge in [-0.25, -0.2) is 8.42 Å². The van der Waals surface area contributed by atoms with Crippen LogP contribution in [0, 0.1) is 13.8 Å². The summed E-state index contributed by atoms with van der Waals surface area (Å²) in [4.78, 5) is 12.5. The van der Waals surface area contributed by atoms with E-state index < -0.39 is 15.7 Å². The molecule has 0 saturated carbocycles. The van der Waals surface area contributed by atoms with E-state index in [1.165, 1.54) is 24.3 Å². The summed E-state index contributed by atoms with van der Waals surface area (Å²) in [5.74, 6) is -0.278. The number of rotatable bonds is 5. The molecule has 0 aliphatic rings. The molecule has 3 aromatic rings. The summed E-state index contributed by atoms with van der Waals surface area (Å²) in [5.41, 5.74) is 3.07. The van der Waals surface area contributed by atoms with Crippen molar-refractivity contribution in [3.05, 3.63) is 59.2 Å². The van der Waals surface area contributed by atoms with Crippen LogP contribution >= 0.6 is 0 Å². The third kappa shape index (κ3) is 4.22. The summed E-state index contributed by atoms with van der Waals surface area (Å²) in [6.45, 7) is 5.48. The van der Waals surface area contributed by atoms with E-state index in [1.54, 1.807) is 6.92 Å². The van der Waals surface area contributed by atoms with Crippen LogP contribution in [0.25, 0.3) is 11.5 Å². The first-order valence-corrected chi connectivity index (χ1v) is 10.00. The molecule has 1 aromatic heterocycles. The lowest BCUT2D eigenvalue weighted by Gasteiger charge is -2.04. The van der Waals surface area contributed by atoms with Crippen LogP contribution in [-0.2, 0) is 9.84 Å². The maximum Gasteiger partial charge on any atom is 0.322 e. The van der Waals surface area contributed by atoms with Gasteiger partial charge in [-0.05, 0) is 44.2 Å². The minimum absolute atomic E-state index is 0.0407. The Bertz CT molecular complexity index is 1080. The zero-order valence-corrected chi connectivity index (χ0v) is 16.0. The average molecular weight is 385 g/mol. The molecule has 0 unspecified atom stereocenters. The van der Waals surface area contributed by atoms with Gasteiger partial charge in [0.2, 0.25) is 5.89 Å². The maximum absolute atomic E-state index is 12.4. The standard InChI is InChI=1S/C19H19N3O4S/c1-4-27(24,25)16-7-5-6-14(11-16)17(23)20-19-22-21-18(26-19)15-9-12(2)8-13(3)10-15/h5-11H,4H2,1-3H3,(H,20,22,23). The van der Waals surface area contributed by atoms with Gasteiger partial charge in [-0.3, -0.25) is 10.1 Å². The number of carbonyl (C=O) groups excluding carboxylic acids is 1. The summed E-state index contributed by atoms with van der Waals surface area (Å²) in [7, 11) is -3.40. The van der Waals surface area contributed by atoms with E-state index in [4.69, 9.17) is 4.42 Å². The molecular weight excluding hydrogens is 366 g/mol. The summed E-state index contributed by atoms with van der Waals surface area (Å²) in [6, 6.07) is 11.6. The second-order valence-corrected chi connectivity index (χ2v) is 8.45. The predicted octanol–water partition coefficient (Wildman–Crippen LogP) is 3.40. The monoisotopic (exact) mass is 385 g/mol. The van der Waals surface area contributed by atoms with E-state index in [0.29, 0.717) is 5.89 Å². The van der Waals surface area contributed by atoms with Crippen LogP contribution in [0.3, 0.4) is 0 Å². The second-order valence-electron chi connectivity index (χ2n) is 6.17. The Morgan fingerprint density at radius 3 is 2.44 bits per heavy atom. The van der Waals surface area contributed by atoms with Crippen LogP contribution in [-0.4, -0.2) is 30.3 Å². The predicted molar refractivity (Wildman–Crippen MR) is 101 cm³/mol. The van der Waals surface area contributed by atoms with E-state index in [9.17, 15) is 13.2 Å². The van der Waals surface area contributed by atoms with Gasteiger partial charge in [0.15, 0.2) is 9.84 Å². The molecule has 0 bridgehead atoms. The molecule has 0 saturated heterocycles. The lowest BCUT2D eigenvalue weighted by molar-refractivity contribution is 0.102. The number of nitrogens with one attached hydrogen (secondary N) is 1. The molecule has 2 aromatic carbocycles. The Labute approximate surface area is 157 Å². The zero-order valence-electron chi connectivity index (χ0n) is 15.2. The summed E-state index contributed by atoms with van der Waals surface area (Å²) < 4.78 is 29.5. The van der Waals surface area contributed by atoms with E-state index in [2.05, 4.69) is 15.5 Å². The number of benzene rings is 2. The molecule has 8 heteroatoms. The fourth-order valence-electron chi connectivity index (χ4n) is 2.66. The number of anilines is 1.